The van der Waals surface area contributed by atoms with Crippen LogP contribution in [0.2, 0.25) is 0 Å². The average Bonchev–Trinajstić information content (AvgIpc) is 2.81. The van der Waals surface area contributed by atoms with Gasteiger partial charge in [0.25, 0.3) is 11.5 Å². The van der Waals surface area contributed by atoms with Crippen molar-refractivity contribution in [1.82, 2.24) is 20.1 Å². The first-order chi connectivity index (χ1) is 15.5. The summed E-state index contributed by atoms with van der Waals surface area (Å²) >= 11 is 0. The third kappa shape index (κ3) is 4.70. The Morgan fingerprint density at radius 2 is 1.78 bits per heavy atom. The minimum absolute atomic E-state index is 0.0103. The number of aromatic nitrogens is 3. The highest BCUT2D eigenvalue weighted by atomic mass is 19.1. The summed E-state index contributed by atoms with van der Waals surface area (Å²) in [5, 5.41) is 6.89. The van der Waals surface area contributed by atoms with Crippen LogP contribution in [-0.2, 0) is 0 Å². The number of amides is 1. The van der Waals surface area contributed by atoms with Crippen LogP contribution in [0.4, 0.5) is 4.39 Å². The monoisotopic (exact) mass is 430 g/mol. The lowest BCUT2D eigenvalue weighted by Gasteiger charge is -2.16. The third-order valence-corrected chi connectivity index (χ3v) is 4.70. The van der Waals surface area contributed by atoms with Crippen LogP contribution in [-0.4, -0.2) is 20.7 Å². The van der Waals surface area contributed by atoms with Gasteiger partial charge in [-0.15, -0.1) is 0 Å². The smallest absolute Gasteiger partial charge is 0.272 e. The van der Waals surface area contributed by atoms with Gasteiger partial charge in [0, 0.05) is 18.5 Å². The third-order valence-electron chi connectivity index (χ3n) is 4.70. The topological polar surface area (TPSA) is 86.1 Å². The van der Waals surface area contributed by atoms with E-state index in [1.54, 1.807) is 30.6 Å². The first kappa shape index (κ1) is 20.9. The molecule has 2 aromatic carbocycles. The Bertz CT molecular complexity index is 1310. The van der Waals surface area contributed by atoms with Crippen LogP contribution in [0.3, 0.4) is 0 Å². The number of hydrogen-bond acceptors (Lipinski definition) is 5. The maximum atomic E-state index is 14.1. The van der Waals surface area contributed by atoms with Gasteiger partial charge in [-0.2, -0.15) is 9.78 Å². The summed E-state index contributed by atoms with van der Waals surface area (Å²) in [5.74, 6) is 0.150. The molecule has 7 nitrogen and oxygen atoms in total. The summed E-state index contributed by atoms with van der Waals surface area (Å²) in [6, 6.07) is 18.7. The first-order valence-corrected chi connectivity index (χ1v) is 9.85. The van der Waals surface area contributed by atoms with Crippen molar-refractivity contribution in [3.63, 3.8) is 0 Å². The highest BCUT2D eigenvalue weighted by Gasteiger charge is 2.16. The van der Waals surface area contributed by atoms with Gasteiger partial charge in [0.2, 0.25) is 0 Å². The molecular weight excluding hydrogens is 411 g/mol. The fraction of sp³-hybridized carbons (Fsp3) is 0.0833. The molecule has 2 aromatic heterocycles. The van der Waals surface area contributed by atoms with Crippen LogP contribution in [0, 0.1) is 5.82 Å². The van der Waals surface area contributed by atoms with Gasteiger partial charge in [-0.25, -0.2) is 4.39 Å². The number of rotatable bonds is 6. The number of carbonyl (C=O) groups excluding carboxylic acids is 1. The molecule has 1 unspecified atom stereocenters. The van der Waals surface area contributed by atoms with Gasteiger partial charge in [-0.3, -0.25) is 14.6 Å². The Morgan fingerprint density at radius 1 is 1.00 bits per heavy atom. The maximum Gasteiger partial charge on any atom is 0.272 e. The van der Waals surface area contributed by atoms with E-state index in [2.05, 4.69) is 15.4 Å². The molecule has 8 heteroatoms. The Hall–Kier alpha value is -4.33. The number of nitrogens with one attached hydrogen (secondary N) is 1. The van der Waals surface area contributed by atoms with Crippen molar-refractivity contribution in [3.05, 3.63) is 113 Å². The quantitative estimate of drug-likeness (QED) is 0.499. The van der Waals surface area contributed by atoms with Crippen LogP contribution in [0.15, 0.2) is 90.0 Å². The lowest BCUT2D eigenvalue weighted by molar-refractivity contribution is 0.0933. The fourth-order valence-electron chi connectivity index (χ4n) is 3.07. The van der Waals surface area contributed by atoms with Gasteiger partial charge < -0.3 is 10.1 Å². The molecule has 4 aromatic rings. The van der Waals surface area contributed by atoms with Crippen molar-refractivity contribution < 1.29 is 13.9 Å². The molecule has 0 saturated heterocycles. The van der Waals surface area contributed by atoms with Crippen LogP contribution in [0.5, 0.6) is 11.5 Å². The van der Waals surface area contributed by atoms with Gasteiger partial charge in [0.05, 0.1) is 6.04 Å². The molecule has 0 fully saturated rings. The fourth-order valence-corrected chi connectivity index (χ4v) is 3.07. The van der Waals surface area contributed by atoms with E-state index in [0.29, 0.717) is 11.5 Å². The number of benzene rings is 2. The van der Waals surface area contributed by atoms with E-state index >= 15 is 0 Å². The number of ether oxygens (including phenoxy) is 1. The molecule has 0 saturated carbocycles. The van der Waals surface area contributed by atoms with Crippen LogP contribution < -0.4 is 15.6 Å². The van der Waals surface area contributed by atoms with Gasteiger partial charge in [0.15, 0.2) is 0 Å². The van der Waals surface area contributed by atoms with Gasteiger partial charge in [-0.05, 0) is 55.0 Å². The van der Waals surface area contributed by atoms with E-state index in [0.717, 1.165) is 10.2 Å². The molecule has 0 aliphatic carbocycles. The number of halogens is 1. The van der Waals surface area contributed by atoms with E-state index in [4.69, 9.17) is 4.74 Å². The second-order valence-electron chi connectivity index (χ2n) is 6.97. The summed E-state index contributed by atoms with van der Waals surface area (Å²) in [6.45, 7) is 1.82. The van der Waals surface area contributed by atoms with Crippen LogP contribution in [0.25, 0.3) is 5.69 Å². The zero-order valence-corrected chi connectivity index (χ0v) is 17.1. The van der Waals surface area contributed by atoms with Crippen molar-refractivity contribution in [2.24, 2.45) is 0 Å². The predicted molar refractivity (Wildman–Crippen MR) is 116 cm³/mol. The number of nitrogens with zero attached hydrogens (tertiary/aromatic N) is 3. The molecule has 1 N–H and O–H groups in total. The largest absolute Gasteiger partial charge is 0.457 e. The van der Waals surface area contributed by atoms with Gasteiger partial charge in [-0.1, -0.05) is 24.3 Å². The Balaban J connectivity index is 1.52. The van der Waals surface area contributed by atoms with Crippen LogP contribution >= 0.6 is 0 Å². The van der Waals surface area contributed by atoms with E-state index in [1.165, 1.54) is 30.3 Å². The van der Waals surface area contributed by atoms with E-state index < -0.39 is 17.3 Å². The highest BCUT2D eigenvalue weighted by Crippen LogP contribution is 2.24. The van der Waals surface area contributed by atoms with E-state index in [-0.39, 0.29) is 17.4 Å². The molecule has 0 aliphatic heterocycles. The molecule has 0 bridgehead atoms. The number of hydrogen-bond donors (Lipinski definition) is 1. The normalized spacial score (nSPS) is 11.6. The molecule has 0 aliphatic rings. The molecule has 160 valence electrons. The summed E-state index contributed by atoms with van der Waals surface area (Å²) in [4.78, 5) is 28.9. The summed E-state index contributed by atoms with van der Waals surface area (Å²) in [6.07, 6.45) is 3.27. The van der Waals surface area contributed by atoms with Gasteiger partial charge >= 0.3 is 0 Å². The lowest BCUT2D eigenvalue weighted by atomic mass is 10.1. The summed E-state index contributed by atoms with van der Waals surface area (Å²) < 4.78 is 20.8. The molecule has 1 atom stereocenters. The first-order valence-electron chi connectivity index (χ1n) is 9.85. The van der Waals surface area contributed by atoms with Crippen LogP contribution in [0.1, 0.15) is 29.0 Å². The zero-order valence-electron chi connectivity index (χ0n) is 17.1. The second-order valence-corrected chi connectivity index (χ2v) is 6.97. The van der Waals surface area contributed by atoms with Gasteiger partial charge in [0.1, 0.15) is 28.7 Å². The number of pyridine rings is 1. The summed E-state index contributed by atoms with van der Waals surface area (Å²) in [5.41, 5.74) is 0.234. The Kier molecular flexibility index (Phi) is 6.03. The van der Waals surface area contributed by atoms with Crippen molar-refractivity contribution in [1.29, 1.82) is 0 Å². The molecular formula is C24H19FN4O3. The number of para-hydroxylation sites is 1. The summed E-state index contributed by atoms with van der Waals surface area (Å²) in [7, 11) is 0. The van der Waals surface area contributed by atoms with E-state index in [1.807, 2.05) is 31.2 Å². The maximum absolute atomic E-state index is 14.1. The average molecular weight is 430 g/mol. The van der Waals surface area contributed by atoms with Crippen molar-refractivity contribution >= 4 is 5.91 Å². The standard InChI is InChI=1S/C24H19FN4O3/c1-16(17-5-4-6-19(15-17)32-18-11-13-26-14-12-18)27-24(31)21-9-10-23(30)29(28-21)22-8-3-2-7-20(22)25/h2-16H,1H3,(H,27,31). The molecule has 0 spiro atoms. The van der Waals surface area contributed by atoms with E-state index in [9.17, 15) is 14.0 Å². The van der Waals surface area contributed by atoms with Crippen molar-refractivity contribution in [2.45, 2.75) is 13.0 Å². The minimum atomic E-state index is -0.612. The molecule has 32 heavy (non-hydrogen) atoms. The second kappa shape index (κ2) is 9.22. The Morgan fingerprint density at radius 3 is 2.56 bits per heavy atom. The molecule has 2 heterocycles. The molecule has 4 rings (SSSR count). The Labute approximate surface area is 183 Å². The zero-order chi connectivity index (χ0) is 22.5. The lowest BCUT2D eigenvalue weighted by Crippen LogP contribution is -2.31. The van der Waals surface area contributed by atoms with Crippen molar-refractivity contribution in [3.8, 4) is 17.2 Å². The molecule has 0 radical (unpaired) electrons. The molecule has 1 amide bonds. The number of carbonyl (C=O) groups is 1. The highest BCUT2D eigenvalue weighted by molar-refractivity contribution is 5.92. The van der Waals surface area contributed by atoms with Crippen molar-refractivity contribution in [2.75, 3.05) is 0 Å². The minimum Gasteiger partial charge on any atom is -0.457 e. The predicted octanol–water partition coefficient (Wildman–Crippen LogP) is 4.05. The SMILES string of the molecule is CC(NC(=O)c1ccc(=O)n(-c2ccccc2F)n1)c1cccc(Oc2ccncc2)c1.